The van der Waals surface area contributed by atoms with Crippen molar-refractivity contribution in [1.82, 2.24) is 0 Å². The number of nitrogens with zero attached hydrogens (tertiary/aromatic N) is 1. The Labute approximate surface area is 196 Å². The molecule has 0 unspecified atom stereocenters. The number of anilines is 3. The van der Waals surface area contributed by atoms with Gasteiger partial charge in [0.05, 0.1) is 5.69 Å². The molecule has 0 atom stereocenters. The third kappa shape index (κ3) is 7.13. The summed E-state index contributed by atoms with van der Waals surface area (Å²) < 4.78 is 0. The van der Waals surface area contributed by atoms with Gasteiger partial charge in [0.15, 0.2) is 0 Å². The van der Waals surface area contributed by atoms with Crippen LogP contribution in [0.4, 0.5) is 17.1 Å². The zero-order chi connectivity index (χ0) is 23.8. The van der Waals surface area contributed by atoms with Crippen molar-refractivity contribution in [1.29, 1.82) is 0 Å². The maximum Gasteiger partial charge on any atom is 0.0540 e. The number of hydrogen-bond donors (Lipinski definition) is 0. The van der Waals surface area contributed by atoms with Crippen LogP contribution in [0.3, 0.4) is 0 Å². The van der Waals surface area contributed by atoms with Gasteiger partial charge in [-0.15, -0.1) is 0 Å². The maximum absolute atomic E-state index is 2.32. The molecule has 0 bridgehead atoms. The van der Waals surface area contributed by atoms with Gasteiger partial charge in [-0.2, -0.15) is 0 Å². The normalized spacial score (nSPS) is 9.09. The Kier molecular flexibility index (Phi) is 12.9. The second-order valence-corrected chi connectivity index (χ2v) is 6.39. The summed E-state index contributed by atoms with van der Waals surface area (Å²) in [6.07, 6.45) is 0. The van der Waals surface area contributed by atoms with Crippen LogP contribution in [0.25, 0.3) is 11.1 Å². The molecule has 0 saturated carbocycles. The highest BCUT2D eigenvalue weighted by atomic mass is 15.1. The Hall–Kier alpha value is -3.32. The fourth-order valence-corrected chi connectivity index (χ4v) is 3.23. The Morgan fingerprint density at radius 3 is 1.44 bits per heavy atom. The second kappa shape index (κ2) is 15.5. The van der Waals surface area contributed by atoms with Crippen LogP contribution in [0.2, 0.25) is 0 Å². The summed E-state index contributed by atoms with van der Waals surface area (Å²) in [5.41, 5.74) is 7.19. The number of para-hydroxylation sites is 2. The summed E-state index contributed by atoms with van der Waals surface area (Å²) in [4.78, 5) is 2.32. The van der Waals surface area contributed by atoms with Gasteiger partial charge in [0.25, 0.3) is 0 Å². The molecule has 1 heteroatoms. The highest BCUT2D eigenvalue weighted by Gasteiger charge is 2.16. The van der Waals surface area contributed by atoms with Gasteiger partial charge in [0, 0.05) is 16.9 Å². The maximum atomic E-state index is 2.32. The Bertz CT molecular complexity index is 974. The van der Waals surface area contributed by atoms with Gasteiger partial charge in [-0.3, -0.25) is 0 Å². The molecule has 1 nitrogen and oxygen atoms in total. The lowest BCUT2D eigenvalue weighted by molar-refractivity contribution is 1.27. The molecule has 0 fully saturated rings. The molecule has 0 radical (unpaired) electrons. The van der Waals surface area contributed by atoms with Gasteiger partial charge >= 0.3 is 0 Å². The summed E-state index contributed by atoms with van der Waals surface area (Å²) >= 11 is 0. The molecular weight excluding hydrogens is 386 g/mol. The fourth-order valence-electron chi connectivity index (χ4n) is 3.23. The molecule has 4 rings (SSSR count). The van der Waals surface area contributed by atoms with Gasteiger partial charge in [-0.05, 0) is 42.8 Å². The van der Waals surface area contributed by atoms with Crippen LogP contribution in [0, 0.1) is 6.92 Å². The molecule has 0 aliphatic carbocycles. The molecular formula is C31H39N. The van der Waals surface area contributed by atoms with Crippen LogP contribution < -0.4 is 4.90 Å². The van der Waals surface area contributed by atoms with Crippen molar-refractivity contribution in [2.75, 3.05) is 4.90 Å². The highest BCUT2D eigenvalue weighted by Crippen LogP contribution is 2.40. The molecule has 0 amide bonds. The number of rotatable bonds is 4. The summed E-state index contributed by atoms with van der Waals surface area (Å²) in [7, 11) is 0. The molecule has 4 aromatic carbocycles. The van der Waals surface area contributed by atoms with E-state index in [4.69, 9.17) is 0 Å². The van der Waals surface area contributed by atoms with E-state index in [0.717, 1.165) is 11.4 Å². The van der Waals surface area contributed by atoms with E-state index >= 15 is 0 Å². The van der Waals surface area contributed by atoms with E-state index in [1.54, 1.807) is 0 Å². The zero-order valence-corrected chi connectivity index (χ0v) is 20.8. The predicted octanol–water partition coefficient (Wildman–Crippen LogP) is 10.2. The third-order valence-electron chi connectivity index (χ3n) is 4.54. The average Bonchev–Trinajstić information content (AvgIpc) is 2.90. The summed E-state index contributed by atoms with van der Waals surface area (Å²) in [6, 6.07) is 38.4. The van der Waals surface area contributed by atoms with Gasteiger partial charge < -0.3 is 4.90 Å². The lowest BCUT2D eigenvalue weighted by atomic mass is 10.0. The Morgan fingerprint density at radius 2 is 0.875 bits per heavy atom. The van der Waals surface area contributed by atoms with Gasteiger partial charge in [-0.25, -0.2) is 0 Å². The molecule has 168 valence electrons. The first-order valence-corrected chi connectivity index (χ1v) is 11.9. The zero-order valence-electron chi connectivity index (χ0n) is 20.8. The van der Waals surface area contributed by atoms with E-state index in [2.05, 4.69) is 121 Å². The Morgan fingerprint density at radius 1 is 0.438 bits per heavy atom. The molecule has 0 heterocycles. The first kappa shape index (κ1) is 26.7. The lowest BCUT2D eigenvalue weighted by Gasteiger charge is -2.28. The smallest absolute Gasteiger partial charge is 0.0540 e. The molecule has 0 aromatic heterocycles. The summed E-state index contributed by atoms with van der Waals surface area (Å²) in [5.74, 6) is 0. The number of benzene rings is 4. The minimum absolute atomic E-state index is 1.15. The van der Waals surface area contributed by atoms with Crippen molar-refractivity contribution in [3.8, 4) is 11.1 Å². The second-order valence-electron chi connectivity index (χ2n) is 6.39. The Balaban J connectivity index is 0.000000789. The third-order valence-corrected chi connectivity index (χ3v) is 4.54. The minimum Gasteiger partial charge on any atom is -0.310 e. The molecule has 0 aliphatic rings. The summed E-state index contributed by atoms with van der Waals surface area (Å²) in [5, 5.41) is 0. The largest absolute Gasteiger partial charge is 0.310 e. The van der Waals surface area contributed by atoms with Crippen molar-refractivity contribution in [2.24, 2.45) is 0 Å². The topological polar surface area (TPSA) is 3.24 Å². The van der Waals surface area contributed by atoms with Crippen molar-refractivity contribution >= 4 is 17.1 Å². The molecule has 0 spiro atoms. The van der Waals surface area contributed by atoms with E-state index < -0.39 is 0 Å². The quantitative estimate of drug-likeness (QED) is 0.314. The average molecular weight is 426 g/mol. The van der Waals surface area contributed by atoms with E-state index in [9.17, 15) is 0 Å². The van der Waals surface area contributed by atoms with Crippen molar-refractivity contribution < 1.29 is 0 Å². The van der Waals surface area contributed by atoms with Crippen molar-refractivity contribution in [2.45, 2.75) is 48.5 Å². The van der Waals surface area contributed by atoms with Gasteiger partial charge in [-0.1, -0.05) is 126 Å². The number of hydrogen-bond acceptors (Lipinski definition) is 1. The van der Waals surface area contributed by atoms with Gasteiger partial charge in [0.2, 0.25) is 0 Å². The van der Waals surface area contributed by atoms with Crippen molar-refractivity contribution in [3.05, 3.63) is 115 Å². The minimum atomic E-state index is 1.15. The number of aryl methyl sites for hydroxylation is 1. The van der Waals surface area contributed by atoms with Crippen LogP contribution in [0.15, 0.2) is 109 Å². The molecule has 4 aromatic rings. The lowest BCUT2D eigenvalue weighted by Crippen LogP contribution is -2.11. The van der Waals surface area contributed by atoms with Crippen LogP contribution in [-0.4, -0.2) is 0 Å². The van der Waals surface area contributed by atoms with Crippen LogP contribution in [0.5, 0.6) is 0 Å². The standard InChI is InChI=1S/C25H21N.3C2H6/c1-20-16-18-23(19-17-20)26(22-12-6-3-7-13-22)25-15-9-8-14-24(25)21-10-4-2-5-11-21;3*1-2/h2-19H,1H3;3*1-2H3. The van der Waals surface area contributed by atoms with E-state index in [0.29, 0.717) is 0 Å². The fraction of sp³-hybridized carbons (Fsp3) is 0.226. The van der Waals surface area contributed by atoms with Crippen LogP contribution >= 0.6 is 0 Å². The first-order chi connectivity index (χ1) is 15.8. The van der Waals surface area contributed by atoms with E-state index in [-0.39, 0.29) is 0 Å². The van der Waals surface area contributed by atoms with Crippen LogP contribution in [-0.2, 0) is 0 Å². The van der Waals surface area contributed by atoms with E-state index in [1.807, 2.05) is 41.5 Å². The SMILES string of the molecule is CC.CC.CC.Cc1ccc(N(c2ccccc2)c2ccccc2-c2ccccc2)cc1. The van der Waals surface area contributed by atoms with E-state index in [1.165, 1.54) is 22.4 Å². The molecule has 32 heavy (non-hydrogen) atoms. The molecule has 0 N–H and O–H groups in total. The molecule has 0 saturated heterocycles. The first-order valence-electron chi connectivity index (χ1n) is 11.9. The van der Waals surface area contributed by atoms with Crippen molar-refractivity contribution in [3.63, 3.8) is 0 Å². The summed E-state index contributed by atoms with van der Waals surface area (Å²) in [6.45, 7) is 14.1. The monoisotopic (exact) mass is 425 g/mol. The highest BCUT2D eigenvalue weighted by molar-refractivity contribution is 5.87. The molecule has 0 aliphatic heterocycles. The van der Waals surface area contributed by atoms with Gasteiger partial charge in [0.1, 0.15) is 0 Å². The predicted molar refractivity (Wildman–Crippen MR) is 145 cm³/mol. The van der Waals surface area contributed by atoms with Crippen LogP contribution in [0.1, 0.15) is 47.1 Å².